The number of hydrogen-bond acceptors (Lipinski definition) is 2. The van der Waals surface area contributed by atoms with Crippen molar-refractivity contribution in [1.29, 1.82) is 0 Å². The average Bonchev–Trinajstić information content (AvgIpc) is 2.44. The van der Waals surface area contributed by atoms with E-state index in [4.69, 9.17) is 0 Å². The van der Waals surface area contributed by atoms with Crippen LogP contribution < -0.4 is 5.32 Å². The standard InChI is InChI=1S/C16H26N2O/c1-4-9-16(19)17-12-14-10-7-8-11-15(14)13-18(5-2)6-3/h7-8,10-11H,4-6,9,12-13H2,1-3H3,(H,17,19). The van der Waals surface area contributed by atoms with E-state index in [1.54, 1.807) is 0 Å². The monoisotopic (exact) mass is 262 g/mol. The quantitative estimate of drug-likeness (QED) is 0.781. The number of hydrogen-bond donors (Lipinski definition) is 1. The summed E-state index contributed by atoms with van der Waals surface area (Å²) in [7, 11) is 0. The van der Waals surface area contributed by atoms with Gasteiger partial charge in [0, 0.05) is 19.5 Å². The van der Waals surface area contributed by atoms with E-state index >= 15 is 0 Å². The second-order valence-electron chi connectivity index (χ2n) is 4.76. The van der Waals surface area contributed by atoms with Crippen molar-refractivity contribution < 1.29 is 4.79 Å². The molecule has 1 rings (SSSR count). The van der Waals surface area contributed by atoms with E-state index in [1.165, 1.54) is 11.1 Å². The van der Waals surface area contributed by atoms with Crippen molar-refractivity contribution in [1.82, 2.24) is 10.2 Å². The fourth-order valence-electron chi connectivity index (χ4n) is 2.08. The number of nitrogens with zero attached hydrogens (tertiary/aromatic N) is 1. The van der Waals surface area contributed by atoms with E-state index in [-0.39, 0.29) is 5.91 Å². The van der Waals surface area contributed by atoms with E-state index < -0.39 is 0 Å². The molecule has 1 aromatic carbocycles. The van der Waals surface area contributed by atoms with Crippen LogP contribution in [0, 0.1) is 0 Å². The van der Waals surface area contributed by atoms with Crippen LogP contribution in [0.15, 0.2) is 24.3 Å². The van der Waals surface area contributed by atoms with Gasteiger partial charge in [0.15, 0.2) is 0 Å². The zero-order chi connectivity index (χ0) is 14.1. The van der Waals surface area contributed by atoms with Crippen LogP contribution in [0.2, 0.25) is 0 Å². The molecule has 106 valence electrons. The fraction of sp³-hybridized carbons (Fsp3) is 0.562. The molecule has 1 amide bonds. The van der Waals surface area contributed by atoms with Gasteiger partial charge in [0.25, 0.3) is 0 Å². The first kappa shape index (κ1) is 15.7. The van der Waals surface area contributed by atoms with E-state index in [9.17, 15) is 4.79 Å². The summed E-state index contributed by atoms with van der Waals surface area (Å²) in [6, 6.07) is 8.36. The van der Waals surface area contributed by atoms with Crippen molar-refractivity contribution in [2.24, 2.45) is 0 Å². The van der Waals surface area contributed by atoms with Gasteiger partial charge in [0.1, 0.15) is 0 Å². The first-order valence-electron chi connectivity index (χ1n) is 7.27. The van der Waals surface area contributed by atoms with Crippen LogP contribution in [0.1, 0.15) is 44.7 Å². The SMILES string of the molecule is CCCC(=O)NCc1ccccc1CN(CC)CC. The Morgan fingerprint density at radius 1 is 1.11 bits per heavy atom. The molecule has 0 saturated heterocycles. The predicted octanol–water partition coefficient (Wildman–Crippen LogP) is 2.94. The molecular weight excluding hydrogens is 236 g/mol. The first-order chi connectivity index (χ1) is 9.21. The van der Waals surface area contributed by atoms with Gasteiger partial charge >= 0.3 is 0 Å². The second kappa shape index (κ2) is 8.70. The van der Waals surface area contributed by atoms with Gasteiger partial charge in [0.2, 0.25) is 5.91 Å². The summed E-state index contributed by atoms with van der Waals surface area (Å²) in [6.07, 6.45) is 1.51. The maximum absolute atomic E-state index is 11.5. The Morgan fingerprint density at radius 3 is 2.32 bits per heavy atom. The molecule has 1 aromatic rings. The number of benzene rings is 1. The average molecular weight is 262 g/mol. The molecule has 0 fully saturated rings. The third-order valence-corrected chi connectivity index (χ3v) is 3.36. The third-order valence-electron chi connectivity index (χ3n) is 3.36. The highest BCUT2D eigenvalue weighted by atomic mass is 16.1. The molecular formula is C16H26N2O. The van der Waals surface area contributed by atoms with E-state index in [1.807, 2.05) is 13.0 Å². The Hall–Kier alpha value is -1.35. The minimum absolute atomic E-state index is 0.139. The summed E-state index contributed by atoms with van der Waals surface area (Å²) in [6.45, 7) is 10.1. The molecule has 0 saturated carbocycles. The van der Waals surface area contributed by atoms with Crippen LogP contribution in [-0.2, 0) is 17.9 Å². The van der Waals surface area contributed by atoms with Crippen LogP contribution in [-0.4, -0.2) is 23.9 Å². The molecule has 1 N–H and O–H groups in total. The van der Waals surface area contributed by atoms with Gasteiger partial charge in [-0.3, -0.25) is 9.69 Å². The molecule has 0 aromatic heterocycles. The highest BCUT2D eigenvalue weighted by Gasteiger charge is 2.07. The summed E-state index contributed by atoms with van der Waals surface area (Å²) < 4.78 is 0. The normalized spacial score (nSPS) is 10.7. The van der Waals surface area contributed by atoms with Gasteiger partial charge in [0.05, 0.1) is 0 Å². The Bertz CT molecular complexity index is 386. The zero-order valence-corrected chi connectivity index (χ0v) is 12.4. The maximum Gasteiger partial charge on any atom is 0.220 e. The molecule has 0 radical (unpaired) electrons. The topological polar surface area (TPSA) is 32.3 Å². The van der Waals surface area contributed by atoms with Crippen molar-refractivity contribution in [2.45, 2.75) is 46.7 Å². The number of carbonyl (C=O) groups is 1. The lowest BCUT2D eigenvalue weighted by molar-refractivity contribution is -0.121. The molecule has 0 atom stereocenters. The molecule has 0 bridgehead atoms. The molecule has 3 nitrogen and oxygen atoms in total. The smallest absolute Gasteiger partial charge is 0.220 e. The number of rotatable bonds is 8. The number of nitrogens with one attached hydrogen (secondary N) is 1. The summed E-state index contributed by atoms with van der Waals surface area (Å²) in [5.41, 5.74) is 2.53. The largest absolute Gasteiger partial charge is 0.352 e. The molecule has 0 aliphatic carbocycles. The minimum Gasteiger partial charge on any atom is -0.352 e. The molecule has 0 aliphatic heterocycles. The van der Waals surface area contributed by atoms with Gasteiger partial charge < -0.3 is 5.32 Å². The van der Waals surface area contributed by atoms with Crippen molar-refractivity contribution >= 4 is 5.91 Å². The van der Waals surface area contributed by atoms with Crippen molar-refractivity contribution in [3.63, 3.8) is 0 Å². The van der Waals surface area contributed by atoms with Crippen LogP contribution in [0.3, 0.4) is 0 Å². The van der Waals surface area contributed by atoms with E-state index in [0.29, 0.717) is 13.0 Å². The van der Waals surface area contributed by atoms with Crippen LogP contribution in [0.4, 0.5) is 0 Å². The molecule has 0 heterocycles. The van der Waals surface area contributed by atoms with Crippen molar-refractivity contribution in [3.05, 3.63) is 35.4 Å². The van der Waals surface area contributed by atoms with Gasteiger partial charge in [-0.15, -0.1) is 0 Å². The lowest BCUT2D eigenvalue weighted by Crippen LogP contribution is -2.25. The first-order valence-corrected chi connectivity index (χ1v) is 7.27. The molecule has 0 unspecified atom stereocenters. The van der Waals surface area contributed by atoms with Gasteiger partial charge in [-0.05, 0) is 30.6 Å². The Balaban J connectivity index is 2.64. The maximum atomic E-state index is 11.5. The Morgan fingerprint density at radius 2 is 1.74 bits per heavy atom. The van der Waals surface area contributed by atoms with E-state index in [2.05, 4.69) is 42.3 Å². The van der Waals surface area contributed by atoms with Gasteiger partial charge in [-0.1, -0.05) is 45.0 Å². The molecule has 0 spiro atoms. The van der Waals surface area contributed by atoms with Crippen LogP contribution in [0.5, 0.6) is 0 Å². The van der Waals surface area contributed by atoms with Gasteiger partial charge in [-0.25, -0.2) is 0 Å². The molecule has 3 heteroatoms. The Kier molecular flexibility index (Phi) is 7.19. The van der Waals surface area contributed by atoms with E-state index in [0.717, 1.165) is 26.1 Å². The molecule has 19 heavy (non-hydrogen) atoms. The zero-order valence-electron chi connectivity index (χ0n) is 12.4. The van der Waals surface area contributed by atoms with Gasteiger partial charge in [-0.2, -0.15) is 0 Å². The fourth-order valence-corrected chi connectivity index (χ4v) is 2.08. The number of amides is 1. The highest BCUT2D eigenvalue weighted by molar-refractivity contribution is 5.75. The summed E-state index contributed by atoms with van der Waals surface area (Å²) in [4.78, 5) is 13.9. The van der Waals surface area contributed by atoms with Crippen molar-refractivity contribution in [2.75, 3.05) is 13.1 Å². The molecule has 0 aliphatic rings. The Labute approximate surface area is 117 Å². The summed E-state index contributed by atoms with van der Waals surface area (Å²) in [5.74, 6) is 0.139. The minimum atomic E-state index is 0.139. The predicted molar refractivity (Wildman–Crippen MR) is 79.8 cm³/mol. The summed E-state index contributed by atoms with van der Waals surface area (Å²) in [5, 5.41) is 2.99. The van der Waals surface area contributed by atoms with Crippen LogP contribution >= 0.6 is 0 Å². The third kappa shape index (κ3) is 5.43. The highest BCUT2D eigenvalue weighted by Crippen LogP contribution is 2.11. The summed E-state index contributed by atoms with van der Waals surface area (Å²) >= 11 is 0. The second-order valence-corrected chi connectivity index (χ2v) is 4.76. The number of carbonyl (C=O) groups excluding carboxylic acids is 1. The van der Waals surface area contributed by atoms with Crippen LogP contribution in [0.25, 0.3) is 0 Å². The lowest BCUT2D eigenvalue weighted by atomic mass is 10.1. The lowest BCUT2D eigenvalue weighted by Gasteiger charge is -2.20. The van der Waals surface area contributed by atoms with Crippen molar-refractivity contribution in [3.8, 4) is 0 Å².